The van der Waals surface area contributed by atoms with Gasteiger partial charge in [0.1, 0.15) is 0 Å². The third-order valence-electron chi connectivity index (χ3n) is 2.01. The molecule has 0 saturated heterocycles. The molecule has 1 aromatic carbocycles. The number of hydrogen-bond donors (Lipinski definition) is 1. The topological polar surface area (TPSA) is 303 Å². The van der Waals surface area contributed by atoms with E-state index >= 15 is 0 Å². The van der Waals surface area contributed by atoms with E-state index < -0.39 is 11.9 Å². The molecule has 0 aliphatic heterocycles. The molecule has 0 bridgehead atoms. The standard InChI is InChI=1S/C11H11NO5.6H2O.Zn/c1-2-9(13)12-8-4-6(10(14)15)3-7(5-8)11(16)17;;;;;;;/h3-5H,2H2,1H3,(H,12,13)(H,14,15)(H,16,17);6*1H2;/q;;;;;;;+2/p+1. The summed E-state index contributed by atoms with van der Waals surface area (Å²) >= 11 is 0. The first kappa shape index (κ1) is 43.1. The Morgan fingerprint density at radius 1 is 0.875 bits per heavy atom. The fourth-order valence-corrected chi connectivity index (χ4v) is 1.18. The van der Waals surface area contributed by atoms with Gasteiger partial charge in [-0.25, -0.2) is 0 Å². The van der Waals surface area contributed by atoms with Crippen molar-refractivity contribution in [2.45, 2.75) is 13.3 Å². The van der Waals surface area contributed by atoms with Crippen molar-refractivity contribution in [2.24, 2.45) is 0 Å². The van der Waals surface area contributed by atoms with Gasteiger partial charge in [0, 0.05) is 12.1 Å². The normalized spacial score (nSPS) is 6.88. The van der Waals surface area contributed by atoms with E-state index in [0.29, 0.717) is 0 Å². The quantitative estimate of drug-likeness (QED) is 0.371. The van der Waals surface area contributed by atoms with E-state index in [4.69, 9.17) is 0 Å². The van der Waals surface area contributed by atoms with Crippen molar-refractivity contribution in [3.63, 3.8) is 0 Å². The number of hydrogen-bond acceptors (Lipinski definition) is 5. The van der Waals surface area contributed by atoms with Crippen LogP contribution in [0.1, 0.15) is 34.1 Å². The molecule has 24 heavy (non-hydrogen) atoms. The number of rotatable bonds is 4. The zero-order valence-electron chi connectivity index (χ0n) is 12.9. The van der Waals surface area contributed by atoms with Crippen LogP contribution < -0.4 is 15.5 Å². The van der Waals surface area contributed by atoms with Crippen molar-refractivity contribution in [1.82, 2.24) is 0 Å². The van der Waals surface area contributed by atoms with Gasteiger partial charge in [-0.2, -0.15) is 0 Å². The molecule has 1 aromatic rings. The van der Waals surface area contributed by atoms with Gasteiger partial charge in [0.2, 0.25) is 5.91 Å². The van der Waals surface area contributed by atoms with E-state index in [0.717, 1.165) is 18.2 Å². The molecule has 0 fully saturated rings. The van der Waals surface area contributed by atoms with Crippen molar-refractivity contribution >= 4 is 23.5 Å². The number of carboxylic acids is 2. The maximum absolute atomic E-state index is 11.1. The zero-order chi connectivity index (χ0) is 13.0. The Morgan fingerprint density at radius 3 is 1.46 bits per heavy atom. The van der Waals surface area contributed by atoms with Crippen LogP contribution in [0, 0.1) is 0 Å². The van der Waals surface area contributed by atoms with Crippen molar-refractivity contribution in [3.8, 4) is 0 Å². The van der Waals surface area contributed by atoms with Gasteiger partial charge in [0.25, 0.3) is 0 Å². The van der Waals surface area contributed by atoms with Crippen LogP contribution in [-0.4, -0.2) is 34.3 Å². The Bertz CT molecular complexity index is 463. The number of benzene rings is 1. The number of carbonyl (C=O) groups excluding carboxylic acids is 3. The van der Waals surface area contributed by atoms with Crippen molar-refractivity contribution in [2.75, 3.05) is 5.32 Å². The predicted octanol–water partition coefficient (Wildman–Crippen LogP) is -6.48. The molecule has 0 saturated carbocycles. The maximum atomic E-state index is 11.1. The molecule has 0 unspecified atom stereocenters. The Kier molecular flexibility index (Phi) is 34.2. The minimum absolute atomic E-state index is 0. The fraction of sp³-hybridized carbons (Fsp3) is 0.182. The Morgan fingerprint density at radius 2 is 1.21 bits per heavy atom. The van der Waals surface area contributed by atoms with Crippen molar-refractivity contribution < 1.29 is 76.9 Å². The van der Waals surface area contributed by atoms with Gasteiger partial charge >= 0.3 is 19.5 Å². The van der Waals surface area contributed by atoms with Crippen LogP contribution in [-0.2, 0) is 40.7 Å². The van der Waals surface area contributed by atoms with Crippen LogP contribution in [0.4, 0.5) is 5.69 Å². The third kappa shape index (κ3) is 12.5. The molecule has 0 atom stereocenters. The summed E-state index contributed by atoms with van der Waals surface area (Å²) in [7, 11) is 0. The number of carboxylic acid groups (broad SMARTS) is 2. The predicted molar refractivity (Wildman–Crippen MR) is 79.5 cm³/mol. The average Bonchev–Trinajstić information content (AvgIpc) is 2.28. The second-order valence-corrected chi connectivity index (χ2v) is 3.28. The summed E-state index contributed by atoms with van der Waals surface area (Å²) in [5, 5.41) is 23.7. The molecular formula is C11H24NO11Zn+3. The summed E-state index contributed by atoms with van der Waals surface area (Å²) in [5.41, 5.74) is -0.589. The minimum Gasteiger partial charge on any atom is -0.545 e. The van der Waals surface area contributed by atoms with Crippen LogP contribution in [0.25, 0.3) is 0 Å². The Balaban J connectivity index is -0.0000000826. The molecule has 0 aliphatic carbocycles. The number of anilines is 1. The molecule has 0 spiro atoms. The summed E-state index contributed by atoms with van der Waals surface area (Å²) in [6, 6.07) is 3.15. The van der Waals surface area contributed by atoms with Crippen molar-refractivity contribution in [3.05, 3.63) is 29.3 Å². The largest absolute Gasteiger partial charge is 2.00 e. The summed E-state index contributed by atoms with van der Waals surface area (Å²) in [6.07, 6.45) is 0.191. The van der Waals surface area contributed by atoms with Crippen LogP contribution >= 0.6 is 0 Å². The van der Waals surface area contributed by atoms with E-state index in [-0.39, 0.29) is 81.5 Å². The maximum Gasteiger partial charge on any atom is 2.00 e. The van der Waals surface area contributed by atoms with Crippen LogP contribution in [0.2, 0.25) is 0 Å². The molecule has 1 amide bonds. The molecule has 0 radical (unpaired) electrons. The Hall–Kier alpha value is -1.99. The summed E-state index contributed by atoms with van der Waals surface area (Å²) < 4.78 is 0. The molecule has 0 heterocycles. The first-order valence-corrected chi connectivity index (χ1v) is 4.81. The summed E-state index contributed by atoms with van der Waals surface area (Å²) in [5.74, 6) is -3.41. The number of amides is 1. The molecule has 16 N–H and O–H groups in total. The van der Waals surface area contributed by atoms with E-state index in [2.05, 4.69) is 5.32 Å². The van der Waals surface area contributed by atoms with Crippen LogP contribution in [0.3, 0.4) is 0 Å². The molecule has 0 aliphatic rings. The number of nitrogens with one attached hydrogen (secondary N) is 1. The molecular weight excluding hydrogens is 388 g/mol. The van der Waals surface area contributed by atoms with Gasteiger partial charge < -0.3 is 58.0 Å². The van der Waals surface area contributed by atoms with Gasteiger partial charge in [-0.1, -0.05) is 6.92 Å². The summed E-state index contributed by atoms with van der Waals surface area (Å²) in [6.45, 7) is 1.61. The van der Waals surface area contributed by atoms with E-state index in [1.165, 1.54) is 0 Å². The number of carbonyl (C=O) groups is 3. The summed E-state index contributed by atoms with van der Waals surface area (Å²) in [4.78, 5) is 32.4. The molecule has 138 valence electrons. The smallest absolute Gasteiger partial charge is 0.545 e. The van der Waals surface area contributed by atoms with Crippen LogP contribution in [0.5, 0.6) is 0 Å². The first-order valence-electron chi connectivity index (χ1n) is 4.81. The van der Waals surface area contributed by atoms with E-state index in [1.807, 2.05) is 0 Å². The zero-order valence-corrected chi connectivity index (χ0v) is 15.9. The second kappa shape index (κ2) is 19.1. The van der Waals surface area contributed by atoms with Gasteiger partial charge in [-0.3, -0.25) is 4.79 Å². The average molecular weight is 412 g/mol. The third-order valence-corrected chi connectivity index (χ3v) is 2.01. The van der Waals surface area contributed by atoms with E-state index in [1.54, 1.807) is 6.92 Å². The first-order chi connectivity index (χ1) is 7.93. The number of aromatic carboxylic acids is 2. The SMILES string of the molecule is CCC(=O)Nc1cc(C(=O)[O-])cc(C(=O)[O-])c1.O.O.O.[OH3+].[OH3+].[OH3+].[Zn+2]. The van der Waals surface area contributed by atoms with Gasteiger partial charge in [-0.15, -0.1) is 0 Å². The second-order valence-electron chi connectivity index (χ2n) is 3.28. The van der Waals surface area contributed by atoms with Crippen LogP contribution in [0.15, 0.2) is 18.2 Å². The van der Waals surface area contributed by atoms with Crippen molar-refractivity contribution in [1.29, 1.82) is 0 Å². The molecule has 12 nitrogen and oxygen atoms in total. The van der Waals surface area contributed by atoms with Gasteiger partial charge in [-0.05, 0) is 29.3 Å². The van der Waals surface area contributed by atoms with E-state index in [9.17, 15) is 24.6 Å². The Labute approximate surface area is 149 Å². The van der Waals surface area contributed by atoms with Gasteiger partial charge in [0.15, 0.2) is 0 Å². The molecule has 1 rings (SSSR count). The molecule has 0 aromatic heterocycles. The molecule has 13 heteroatoms. The fourth-order valence-electron chi connectivity index (χ4n) is 1.18. The minimum atomic E-state index is -1.53. The van der Waals surface area contributed by atoms with Gasteiger partial charge in [0.05, 0.1) is 11.9 Å². The monoisotopic (exact) mass is 410 g/mol.